The molecule has 1 aliphatic rings. The van der Waals surface area contributed by atoms with Gasteiger partial charge in [0.25, 0.3) is 11.6 Å². The van der Waals surface area contributed by atoms with Crippen molar-refractivity contribution >= 4 is 58.1 Å². The van der Waals surface area contributed by atoms with Crippen molar-refractivity contribution in [3.8, 4) is 12.1 Å². The molecule has 40 heavy (non-hydrogen) atoms. The summed E-state index contributed by atoms with van der Waals surface area (Å²) in [6.45, 7) is 2.87. The number of nitriles is 2. The number of rotatable bonds is 9. The Bertz CT molecular complexity index is 1620. The Morgan fingerprint density at radius 2 is 1.77 bits per heavy atom. The summed E-state index contributed by atoms with van der Waals surface area (Å²) in [4.78, 5) is 32.5. The number of aliphatic imine (C=N–C) groups is 1. The van der Waals surface area contributed by atoms with Crippen LogP contribution in [0.4, 0.5) is 17.1 Å². The molecule has 0 saturated carbocycles. The molecule has 4 rings (SSSR count). The quantitative estimate of drug-likeness (QED) is 0.160. The maximum Gasteiger partial charge on any atom is 0.282 e. The normalized spacial score (nSPS) is 13.6. The van der Waals surface area contributed by atoms with Crippen LogP contribution in [0.3, 0.4) is 0 Å². The highest BCUT2D eigenvalue weighted by molar-refractivity contribution is 6.40. The van der Waals surface area contributed by atoms with E-state index >= 15 is 0 Å². The van der Waals surface area contributed by atoms with Crippen molar-refractivity contribution in [2.24, 2.45) is 4.99 Å². The second-order valence-corrected chi connectivity index (χ2v) is 9.69. The van der Waals surface area contributed by atoms with E-state index in [4.69, 9.17) is 33.7 Å². The molecule has 0 bridgehead atoms. The van der Waals surface area contributed by atoms with E-state index in [-0.39, 0.29) is 27.8 Å². The lowest BCUT2D eigenvalue weighted by molar-refractivity contribution is -0.384. The monoisotopic (exact) mass is 572 g/mol. The lowest BCUT2D eigenvalue weighted by Gasteiger charge is -2.23. The van der Waals surface area contributed by atoms with Crippen molar-refractivity contribution < 1.29 is 9.72 Å². The lowest BCUT2D eigenvalue weighted by atomic mass is 10.1. The number of carbonyl (C=O) groups excluding carboxylic acids is 1. The van der Waals surface area contributed by atoms with Crippen LogP contribution in [0, 0.1) is 39.7 Å². The summed E-state index contributed by atoms with van der Waals surface area (Å²) in [5.41, 5.74) is 3.01. The Morgan fingerprint density at radius 3 is 2.40 bits per heavy atom. The van der Waals surface area contributed by atoms with Gasteiger partial charge in [-0.1, -0.05) is 35.3 Å². The van der Waals surface area contributed by atoms with Crippen LogP contribution in [0.2, 0.25) is 10.0 Å². The maximum atomic E-state index is 13.7. The van der Waals surface area contributed by atoms with Gasteiger partial charge in [-0.05, 0) is 60.5 Å². The van der Waals surface area contributed by atoms with Crippen LogP contribution in [0.5, 0.6) is 0 Å². The van der Waals surface area contributed by atoms with Crippen LogP contribution in [-0.2, 0) is 4.79 Å². The van der Waals surface area contributed by atoms with Crippen LogP contribution in [0.25, 0.3) is 6.08 Å². The molecule has 0 spiro atoms. The molecule has 0 aliphatic carbocycles. The number of amides is 1. The van der Waals surface area contributed by atoms with Gasteiger partial charge in [-0.3, -0.25) is 19.8 Å². The highest BCUT2D eigenvalue weighted by Gasteiger charge is 2.34. The highest BCUT2D eigenvalue weighted by atomic mass is 35.5. The smallest absolute Gasteiger partial charge is 0.282 e. The Balaban J connectivity index is 1.79. The first-order valence-corrected chi connectivity index (χ1v) is 12.9. The Hall–Kier alpha value is -4.70. The average Bonchev–Trinajstić information content (AvgIpc) is 3.25. The SMILES string of the molecule is Cc1cc(N(CCC#N)CCC#N)ccc1/C=C1\N=C(c2cc([N+](=O)[O-])ccc2Cl)N(c2cccc(Cl)c2)C1=O. The molecule has 1 amide bonds. The molecule has 0 fully saturated rings. The molecule has 11 heteroatoms. The second-order valence-electron chi connectivity index (χ2n) is 8.85. The number of amidine groups is 1. The summed E-state index contributed by atoms with van der Waals surface area (Å²) >= 11 is 12.6. The molecule has 1 aliphatic heterocycles. The predicted octanol–water partition coefficient (Wildman–Crippen LogP) is 6.68. The number of aryl methyl sites for hydroxylation is 1. The molecule has 1 heterocycles. The van der Waals surface area contributed by atoms with Gasteiger partial charge in [-0.2, -0.15) is 10.5 Å². The summed E-state index contributed by atoms with van der Waals surface area (Å²) in [6, 6.07) is 20.5. The predicted molar refractivity (Wildman–Crippen MR) is 155 cm³/mol. The van der Waals surface area contributed by atoms with E-state index in [1.165, 1.54) is 23.1 Å². The fourth-order valence-corrected chi connectivity index (χ4v) is 4.64. The van der Waals surface area contributed by atoms with Crippen LogP contribution >= 0.6 is 23.2 Å². The van der Waals surface area contributed by atoms with Crippen molar-refractivity contribution in [3.63, 3.8) is 0 Å². The first-order chi connectivity index (χ1) is 19.2. The van der Waals surface area contributed by atoms with E-state index < -0.39 is 10.8 Å². The highest BCUT2D eigenvalue weighted by Crippen LogP contribution is 2.33. The van der Waals surface area contributed by atoms with E-state index in [9.17, 15) is 14.9 Å². The third-order valence-corrected chi connectivity index (χ3v) is 6.79. The van der Waals surface area contributed by atoms with Gasteiger partial charge in [0, 0.05) is 41.5 Å². The van der Waals surface area contributed by atoms with Gasteiger partial charge in [-0.15, -0.1) is 0 Å². The zero-order chi connectivity index (χ0) is 28.8. The topological polar surface area (TPSA) is 127 Å². The third kappa shape index (κ3) is 6.13. The van der Waals surface area contributed by atoms with Gasteiger partial charge in [0.2, 0.25) is 0 Å². The number of halogens is 2. The van der Waals surface area contributed by atoms with Crippen molar-refractivity contribution in [1.82, 2.24) is 0 Å². The molecule has 0 unspecified atom stereocenters. The molecule has 3 aromatic rings. The summed E-state index contributed by atoms with van der Waals surface area (Å²) in [5.74, 6) is -0.311. The van der Waals surface area contributed by atoms with Gasteiger partial charge in [0.05, 0.1) is 40.6 Å². The Labute approximate surface area is 240 Å². The van der Waals surface area contributed by atoms with E-state index in [0.717, 1.165) is 16.8 Å². The van der Waals surface area contributed by atoms with Crippen LogP contribution in [0.15, 0.2) is 71.4 Å². The first kappa shape index (κ1) is 28.3. The molecule has 0 radical (unpaired) electrons. The minimum atomic E-state index is -0.543. The minimum absolute atomic E-state index is 0.110. The van der Waals surface area contributed by atoms with Crippen molar-refractivity contribution in [2.45, 2.75) is 19.8 Å². The standard InChI is InChI=1S/C29H22Cl2N6O3/c1-19-15-22(35(13-3-11-32)14-4-12-33)8-7-20(19)16-27-29(38)36(23-6-2-5-21(30)17-23)28(34-27)25-18-24(37(39)40)9-10-26(25)31/h2,5-10,15-18H,3-4,13-14H2,1H3/b27-16-. The fourth-order valence-electron chi connectivity index (χ4n) is 4.26. The van der Waals surface area contributed by atoms with Crippen molar-refractivity contribution in [2.75, 3.05) is 22.9 Å². The van der Waals surface area contributed by atoms with Crippen LogP contribution < -0.4 is 9.80 Å². The van der Waals surface area contributed by atoms with Gasteiger partial charge in [-0.25, -0.2) is 4.99 Å². The number of anilines is 2. The van der Waals surface area contributed by atoms with Crippen LogP contribution in [-0.4, -0.2) is 29.8 Å². The number of benzene rings is 3. The van der Waals surface area contributed by atoms with E-state index in [2.05, 4.69) is 17.1 Å². The van der Waals surface area contributed by atoms with Gasteiger partial charge in [0.15, 0.2) is 0 Å². The average molecular weight is 573 g/mol. The Kier molecular flexibility index (Phi) is 8.80. The summed E-state index contributed by atoms with van der Waals surface area (Å²) in [5, 5.41) is 30.1. The molecule has 3 aromatic carbocycles. The van der Waals surface area contributed by atoms with Crippen molar-refractivity contribution in [1.29, 1.82) is 10.5 Å². The summed E-state index contributed by atoms with van der Waals surface area (Å²) in [7, 11) is 0. The molecule has 9 nitrogen and oxygen atoms in total. The largest absolute Gasteiger partial charge is 0.369 e. The number of non-ortho nitro benzene ring substituents is 1. The summed E-state index contributed by atoms with van der Waals surface area (Å²) in [6.07, 6.45) is 2.29. The minimum Gasteiger partial charge on any atom is -0.369 e. The van der Waals surface area contributed by atoms with Crippen LogP contribution in [0.1, 0.15) is 29.5 Å². The molecule has 200 valence electrons. The molecule has 0 saturated heterocycles. The van der Waals surface area contributed by atoms with E-state index in [0.29, 0.717) is 36.6 Å². The second kappa shape index (κ2) is 12.4. The fraction of sp³-hybridized carbons (Fsp3) is 0.172. The van der Waals surface area contributed by atoms with Crippen molar-refractivity contribution in [3.05, 3.63) is 103 Å². The zero-order valence-electron chi connectivity index (χ0n) is 21.3. The number of hydrogen-bond donors (Lipinski definition) is 0. The lowest BCUT2D eigenvalue weighted by Crippen LogP contribution is -2.32. The van der Waals surface area contributed by atoms with Gasteiger partial charge >= 0.3 is 0 Å². The first-order valence-electron chi connectivity index (χ1n) is 12.2. The molecule has 0 aromatic heterocycles. The molecular weight excluding hydrogens is 551 g/mol. The van der Waals surface area contributed by atoms with Gasteiger partial charge in [0.1, 0.15) is 11.5 Å². The number of carbonyl (C=O) groups is 1. The zero-order valence-corrected chi connectivity index (χ0v) is 22.9. The van der Waals surface area contributed by atoms with E-state index in [1.807, 2.05) is 30.0 Å². The number of nitro groups is 1. The molecule has 0 N–H and O–H groups in total. The number of hydrogen-bond acceptors (Lipinski definition) is 7. The molecular formula is C29H22Cl2N6O3. The third-order valence-electron chi connectivity index (χ3n) is 6.23. The maximum absolute atomic E-state index is 13.7. The molecule has 0 atom stereocenters. The Morgan fingerprint density at radius 1 is 1.05 bits per heavy atom. The number of nitro benzene ring substituents is 1. The van der Waals surface area contributed by atoms with Gasteiger partial charge < -0.3 is 4.90 Å². The summed E-state index contributed by atoms with van der Waals surface area (Å²) < 4.78 is 0. The number of nitrogens with zero attached hydrogens (tertiary/aromatic N) is 6. The van der Waals surface area contributed by atoms with E-state index in [1.54, 1.807) is 30.3 Å².